The molecule has 25 heavy (non-hydrogen) atoms. The lowest BCUT2D eigenvalue weighted by Gasteiger charge is -2.23. The van der Waals surface area contributed by atoms with Gasteiger partial charge in [0.05, 0.1) is 0 Å². The highest BCUT2D eigenvalue weighted by Crippen LogP contribution is 2.24. The molecule has 0 spiro atoms. The Hall–Kier alpha value is -2.31. The van der Waals surface area contributed by atoms with Gasteiger partial charge in [-0.15, -0.1) is 0 Å². The Kier molecular flexibility index (Phi) is 6.40. The molecule has 0 radical (unpaired) electrons. The minimum Gasteiger partial charge on any atom is -0.456 e. The number of amides is 1. The van der Waals surface area contributed by atoms with Gasteiger partial charge >= 0.3 is 12.1 Å². The van der Waals surface area contributed by atoms with E-state index in [2.05, 4.69) is 15.6 Å². The van der Waals surface area contributed by atoms with Crippen LogP contribution in [0.3, 0.4) is 0 Å². The zero-order chi connectivity index (χ0) is 19.4. The largest absolute Gasteiger partial charge is 0.456 e. The molecule has 0 aliphatic rings. The third-order valence-electron chi connectivity index (χ3n) is 3.05. The smallest absolute Gasteiger partial charge is 0.407 e. The van der Waals surface area contributed by atoms with Crippen molar-refractivity contribution in [2.24, 2.45) is 0 Å². The summed E-state index contributed by atoms with van der Waals surface area (Å²) in [4.78, 5) is 28.8. The second-order valence-corrected chi connectivity index (χ2v) is 7.75. The Morgan fingerprint density at radius 2 is 1.64 bits per heavy atom. The van der Waals surface area contributed by atoms with Gasteiger partial charge in [-0.2, -0.15) is 0 Å². The van der Waals surface area contributed by atoms with E-state index in [1.807, 2.05) is 6.92 Å². The van der Waals surface area contributed by atoms with Crippen molar-refractivity contribution in [3.05, 3.63) is 22.9 Å². The molecule has 0 fully saturated rings. The van der Waals surface area contributed by atoms with Crippen molar-refractivity contribution in [3.63, 3.8) is 0 Å². The summed E-state index contributed by atoms with van der Waals surface area (Å²) in [6.45, 7) is 12.7. The van der Waals surface area contributed by atoms with Crippen LogP contribution in [0.5, 0.6) is 0 Å². The molecule has 0 atom stereocenters. The molecule has 1 heterocycles. The predicted molar refractivity (Wildman–Crippen MR) is 96.8 cm³/mol. The minimum atomic E-state index is -0.637. The van der Waals surface area contributed by atoms with Crippen molar-refractivity contribution < 1.29 is 19.1 Å². The van der Waals surface area contributed by atoms with Crippen LogP contribution >= 0.6 is 0 Å². The standard InChI is InChI=1S/C18H29N3O4/c1-11-9-20-14(19-8)13(15(22)24-17(2,3)4)12(11)10-21-16(23)25-18(5,6)7/h9H,10H2,1-8H3,(H,19,20)(H,21,23). The molecule has 2 N–H and O–H groups in total. The molecular formula is C18H29N3O4. The van der Waals surface area contributed by atoms with Crippen LogP contribution < -0.4 is 10.6 Å². The van der Waals surface area contributed by atoms with Crippen molar-refractivity contribution in [2.45, 2.75) is 66.2 Å². The van der Waals surface area contributed by atoms with Crippen LogP contribution in [0.15, 0.2) is 6.20 Å². The summed E-state index contributed by atoms with van der Waals surface area (Å²) in [5.41, 5.74) is 0.493. The molecule has 7 nitrogen and oxygen atoms in total. The molecule has 0 aliphatic heterocycles. The van der Waals surface area contributed by atoms with Crippen LogP contribution in [-0.4, -0.2) is 35.3 Å². The highest BCUT2D eigenvalue weighted by molar-refractivity contribution is 5.97. The number of pyridine rings is 1. The van der Waals surface area contributed by atoms with Gasteiger partial charge in [-0.1, -0.05) is 0 Å². The number of aryl methyl sites for hydroxylation is 1. The normalized spacial score (nSPS) is 11.7. The Morgan fingerprint density at radius 3 is 2.12 bits per heavy atom. The molecule has 1 aromatic heterocycles. The second kappa shape index (κ2) is 7.72. The van der Waals surface area contributed by atoms with Crippen molar-refractivity contribution >= 4 is 17.9 Å². The third kappa shape index (κ3) is 6.60. The summed E-state index contributed by atoms with van der Waals surface area (Å²) in [5, 5.41) is 5.58. The maximum Gasteiger partial charge on any atom is 0.407 e. The van der Waals surface area contributed by atoms with Crippen LogP contribution in [0.4, 0.5) is 10.6 Å². The molecular weight excluding hydrogens is 322 g/mol. The molecule has 0 saturated heterocycles. The maximum absolute atomic E-state index is 12.6. The van der Waals surface area contributed by atoms with E-state index in [0.717, 1.165) is 5.56 Å². The number of carbonyl (C=O) groups is 2. The van der Waals surface area contributed by atoms with E-state index >= 15 is 0 Å². The van der Waals surface area contributed by atoms with Gasteiger partial charge in [0.15, 0.2) is 0 Å². The molecule has 0 unspecified atom stereocenters. The fourth-order valence-corrected chi connectivity index (χ4v) is 2.09. The Bertz CT molecular complexity index is 643. The summed E-state index contributed by atoms with van der Waals surface area (Å²) in [6, 6.07) is 0. The Balaban J connectivity index is 3.13. The first-order valence-electron chi connectivity index (χ1n) is 8.20. The second-order valence-electron chi connectivity index (χ2n) is 7.75. The third-order valence-corrected chi connectivity index (χ3v) is 3.05. The summed E-state index contributed by atoms with van der Waals surface area (Å²) < 4.78 is 10.7. The number of aromatic nitrogens is 1. The first-order chi connectivity index (χ1) is 11.3. The number of carbonyl (C=O) groups excluding carboxylic acids is 2. The van der Waals surface area contributed by atoms with Gasteiger partial charge in [0.2, 0.25) is 0 Å². The van der Waals surface area contributed by atoms with Crippen molar-refractivity contribution in [3.8, 4) is 0 Å². The lowest BCUT2D eigenvalue weighted by atomic mass is 10.0. The predicted octanol–water partition coefficient (Wildman–Crippen LogP) is 3.41. The number of hydrogen-bond acceptors (Lipinski definition) is 6. The van der Waals surface area contributed by atoms with Crippen LogP contribution in [0.1, 0.15) is 63.0 Å². The van der Waals surface area contributed by atoms with E-state index in [1.54, 1.807) is 54.8 Å². The van der Waals surface area contributed by atoms with Crippen LogP contribution in [0.2, 0.25) is 0 Å². The van der Waals surface area contributed by atoms with Gasteiger partial charge in [0, 0.05) is 19.8 Å². The van der Waals surface area contributed by atoms with E-state index in [-0.39, 0.29) is 6.54 Å². The van der Waals surface area contributed by atoms with Gasteiger partial charge < -0.3 is 20.1 Å². The van der Waals surface area contributed by atoms with E-state index in [0.29, 0.717) is 16.9 Å². The summed E-state index contributed by atoms with van der Waals surface area (Å²) in [7, 11) is 1.68. The Morgan fingerprint density at radius 1 is 1.08 bits per heavy atom. The molecule has 140 valence electrons. The Labute approximate surface area is 149 Å². The number of nitrogens with one attached hydrogen (secondary N) is 2. The van der Waals surface area contributed by atoms with E-state index in [4.69, 9.17) is 9.47 Å². The van der Waals surface area contributed by atoms with Crippen molar-refractivity contribution in [1.82, 2.24) is 10.3 Å². The van der Waals surface area contributed by atoms with E-state index in [1.165, 1.54) is 0 Å². The highest BCUT2D eigenvalue weighted by Gasteiger charge is 2.25. The number of esters is 1. The molecule has 0 aliphatic carbocycles. The van der Waals surface area contributed by atoms with Crippen molar-refractivity contribution in [2.75, 3.05) is 12.4 Å². The number of rotatable bonds is 4. The molecule has 0 saturated carbocycles. The lowest BCUT2D eigenvalue weighted by molar-refractivity contribution is 0.00678. The molecule has 1 rings (SSSR count). The number of ether oxygens (including phenoxy) is 2. The lowest BCUT2D eigenvalue weighted by Crippen LogP contribution is -2.33. The zero-order valence-electron chi connectivity index (χ0n) is 16.4. The van der Waals surface area contributed by atoms with E-state index in [9.17, 15) is 9.59 Å². The average molecular weight is 351 g/mol. The number of alkyl carbamates (subject to hydrolysis) is 1. The first-order valence-corrected chi connectivity index (χ1v) is 8.20. The first kappa shape index (κ1) is 20.7. The monoisotopic (exact) mass is 351 g/mol. The molecule has 0 bridgehead atoms. The zero-order valence-corrected chi connectivity index (χ0v) is 16.4. The molecule has 1 aromatic rings. The summed E-state index contributed by atoms with van der Waals surface area (Å²) in [5.74, 6) is -0.0881. The highest BCUT2D eigenvalue weighted by atomic mass is 16.6. The SMILES string of the molecule is CNc1ncc(C)c(CNC(=O)OC(C)(C)C)c1C(=O)OC(C)(C)C. The van der Waals surface area contributed by atoms with Gasteiger partial charge in [-0.05, 0) is 59.6 Å². The van der Waals surface area contributed by atoms with Crippen molar-refractivity contribution in [1.29, 1.82) is 0 Å². The van der Waals surface area contributed by atoms with Gasteiger partial charge in [-0.3, -0.25) is 0 Å². The molecule has 1 amide bonds. The van der Waals surface area contributed by atoms with E-state index < -0.39 is 23.3 Å². The summed E-state index contributed by atoms with van der Waals surface area (Å²) in [6.07, 6.45) is 1.09. The van der Waals surface area contributed by atoms with Gasteiger partial charge in [-0.25, -0.2) is 14.6 Å². The van der Waals surface area contributed by atoms with Crippen LogP contribution in [0, 0.1) is 6.92 Å². The van der Waals surface area contributed by atoms with Gasteiger partial charge in [0.1, 0.15) is 22.6 Å². The fourth-order valence-electron chi connectivity index (χ4n) is 2.09. The molecule has 7 heteroatoms. The van der Waals surface area contributed by atoms with Gasteiger partial charge in [0.25, 0.3) is 0 Å². The topological polar surface area (TPSA) is 89.5 Å². The quantitative estimate of drug-likeness (QED) is 0.808. The number of hydrogen-bond donors (Lipinski definition) is 2. The number of nitrogens with zero attached hydrogens (tertiary/aromatic N) is 1. The minimum absolute atomic E-state index is 0.131. The summed E-state index contributed by atoms with van der Waals surface area (Å²) >= 11 is 0. The van der Waals surface area contributed by atoms with Crippen LogP contribution in [-0.2, 0) is 16.0 Å². The van der Waals surface area contributed by atoms with Crippen LogP contribution in [0.25, 0.3) is 0 Å². The number of anilines is 1. The molecule has 0 aromatic carbocycles. The maximum atomic E-state index is 12.6. The average Bonchev–Trinajstić information content (AvgIpc) is 2.41. The fraction of sp³-hybridized carbons (Fsp3) is 0.611.